The topological polar surface area (TPSA) is 64.7 Å². The molecule has 2 fully saturated rings. The summed E-state index contributed by atoms with van der Waals surface area (Å²) in [5, 5.41) is 10.5. The predicted octanol–water partition coefficient (Wildman–Crippen LogP) is 3.01. The van der Waals surface area contributed by atoms with E-state index < -0.39 is 0 Å². The number of piperazine rings is 1. The molecule has 6 nitrogen and oxygen atoms in total. The van der Waals surface area contributed by atoms with Gasteiger partial charge in [0.25, 0.3) is 5.91 Å². The Hall–Kier alpha value is -2.96. The highest BCUT2D eigenvalue weighted by molar-refractivity contribution is 6.18. The lowest BCUT2D eigenvalue weighted by Crippen LogP contribution is -2.60. The van der Waals surface area contributed by atoms with E-state index in [2.05, 4.69) is 45.9 Å². The van der Waals surface area contributed by atoms with Crippen LogP contribution in [0.2, 0.25) is 0 Å². The summed E-state index contributed by atoms with van der Waals surface area (Å²) in [7, 11) is 0. The summed E-state index contributed by atoms with van der Waals surface area (Å²) in [6, 6.07) is 18.8. The molecule has 2 heterocycles. The number of hydrogen-bond donors (Lipinski definition) is 2. The van der Waals surface area contributed by atoms with E-state index in [0.29, 0.717) is 12.6 Å². The van der Waals surface area contributed by atoms with Gasteiger partial charge in [-0.05, 0) is 47.4 Å². The first-order chi connectivity index (χ1) is 16.2. The van der Waals surface area contributed by atoms with Crippen LogP contribution < -0.4 is 10.6 Å². The zero-order valence-corrected chi connectivity index (χ0v) is 19.2. The number of piperidine rings is 1. The van der Waals surface area contributed by atoms with Gasteiger partial charge in [0.05, 0.1) is 11.6 Å². The summed E-state index contributed by atoms with van der Waals surface area (Å²) in [5.41, 5.74) is 0.820. The van der Waals surface area contributed by atoms with Crippen LogP contribution in [-0.2, 0) is 4.79 Å². The third-order valence-electron chi connectivity index (χ3n) is 7.13. The molecule has 1 unspecified atom stereocenters. The first-order valence-corrected chi connectivity index (χ1v) is 12.1. The van der Waals surface area contributed by atoms with Crippen LogP contribution in [0, 0.1) is 0 Å². The lowest BCUT2D eigenvalue weighted by atomic mass is 9.94. The molecular weight excluding hydrogens is 412 g/mol. The lowest BCUT2D eigenvalue weighted by Gasteiger charge is -2.42. The summed E-state index contributed by atoms with van der Waals surface area (Å²) in [6.07, 6.45) is 1.88. The molecule has 2 aliphatic rings. The van der Waals surface area contributed by atoms with Gasteiger partial charge in [0.1, 0.15) is 0 Å². The van der Waals surface area contributed by atoms with Crippen molar-refractivity contribution in [2.75, 3.05) is 39.3 Å². The van der Waals surface area contributed by atoms with Crippen LogP contribution >= 0.6 is 0 Å². The summed E-state index contributed by atoms with van der Waals surface area (Å²) in [4.78, 5) is 30.5. The first-order valence-electron chi connectivity index (χ1n) is 12.1. The molecule has 2 amide bonds. The molecule has 0 radical (unpaired) electrons. The van der Waals surface area contributed by atoms with Gasteiger partial charge in [-0.25, -0.2) is 0 Å². The van der Waals surface area contributed by atoms with Crippen LogP contribution in [0.1, 0.15) is 30.1 Å². The Morgan fingerprint density at radius 2 is 1.61 bits per heavy atom. The predicted molar refractivity (Wildman–Crippen MR) is 132 cm³/mol. The van der Waals surface area contributed by atoms with Gasteiger partial charge in [-0.15, -0.1) is 0 Å². The van der Waals surface area contributed by atoms with Crippen molar-refractivity contribution >= 4 is 33.4 Å². The minimum atomic E-state index is -0.152. The molecule has 0 saturated carbocycles. The van der Waals surface area contributed by atoms with Crippen LogP contribution in [0.3, 0.4) is 0 Å². The van der Waals surface area contributed by atoms with Crippen molar-refractivity contribution in [2.45, 2.75) is 31.8 Å². The molecule has 0 aliphatic carbocycles. The molecule has 6 heteroatoms. The second kappa shape index (κ2) is 9.49. The molecule has 2 aliphatic heterocycles. The van der Waals surface area contributed by atoms with Crippen LogP contribution in [0.4, 0.5) is 0 Å². The Morgan fingerprint density at radius 1 is 0.970 bits per heavy atom. The van der Waals surface area contributed by atoms with Crippen molar-refractivity contribution in [1.29, 1.82) is 0 Å². The molecule has 33 heavy (non-hydrogen) atoms. The average molecular weight is 445 g/mol. The van der Waals surface area contributed by atoms with E-state index >= 15 is 0 Å². The van der Waals surface area contributed by atoms with Gasteiger partial charge in [-0.1, -0.05) is 48.5 Å². The maximum absolute atomic E-state index is 13.8. The van der Waals surface area contributed by atoms with Gasteiger partial charge in [-0.2, -0.15) is 0 Å². The number of carbonyl (C=O) groups excluding carboxylic acids is 2. The summed E-state index contributed by atoms with van der Waals surface area (Å²) < 4.78 is 0. The molecule has 3 aromatic carbocycles. The average Bonchev–Trinajstić information content (AvgIpc) is 2.87. The molecule has 0 aromatic heterocycles. The molecule has 0 bridgehead atoms. The van der Waals surface area contributed by atoms with Gasteiger partial charge < -0.3 is 15.5 Å². The normalized spacial score (nSPS) is 20.3. The summed E-state index contributed by atoms with van der Waals surface area (Å²) >= 11 is 0. The number of rotatable bonds is 4. The number of likely N-dealkylation sites (tertiary alicyclic amines) is 1. The van der Waals surface area contributed by atoms with E-state index in [1.165, 1.54) is 0 Å². The van der Waals surface area contributed by atoms with Gasteiger partial charge in [0, 0.05) is 45.3 Å². The monoisotopic (exact) mass is 444 g/mol. The third kappa shape index (κ3) is 4.33. The Bertz CT molecular complexity index is 1120. The Kier molecular flexibility index (Phi) is 6.29. The first kappa shape index (κ1) is 21.9. The third-order valence-corrected chi connectivity index (χ3v) is 7.13. The van der Waals surface area contributed by atoms with E-state index in [4.69, 9.17) is 0 Å². The van der Waals surface area contributed by atoms with Gasteiger partial charge in [-0.3, -0.25) is 14.5 Å². The van der Waals surface area contributed by atoms with Gasteiger partial charge in [0.2, 0.25) is 5.91 Å². The molecule has 0 spiro atoms. The maximum atomic E-state index is 13.8. The SMILES string of the molecule is CCNC(=O)C1CN(C2CCN(C(=O)c3c4ccccc4cc4ccccc34)CC2)CCN1. The maximum Gasteiger partial charge on any atom is 0.255 e. The van der Waals surface area contributed by atoms with Crippen molar-refractivity contribution in [1.82, 2.24) is 20.4 Å². The van der Waals surface area contributed by atoms with Crippen LogP contribution in [-0.4, -0.2) is 73.0 Å². The molecule has 2 saturated heterocycles. The fraction of sp³-hybridized carbons (Fsp3) is 0.407. The van der Waals surface area contributed by atoms with Crippen LogP contribution in [0.5, 0.6) is 0 Å². The Morgan fingerprint density at radius 3 is 2.24 bits per heavy atom. The Balaban J connectivity index is 1.32. The number of amides is 2. The van der Waals surface area contributed by atoms with Gasteiger partial charge >= 0.3 is 0 Å². The summed E-state index contributed by atoms with van der Waals surface area (Å²) in [6.45, 7) is 6.60. The number of likely N-dealkylation sites (N-methyl/N-ethyl adjacent to an activating group) is 1. The molecular formula is C27H32N4O2. The fourth-order valence-electron chi connectivity index (χ4n) is 5.41. The molecule has 1 atom stereocenters. The second-order valence-electron chi connectivity index (χ2n) is 9.11. The largest absolute Gasteiger partial charge is 0.355 e. The van der Waals surface area contributed by atoms with E-state index in [0.717, 1.165) is 72.7 Å². The highest BCUT2D eigenvalue weighted by Gasteiger charge is 2.33. The van der Waals surface area contributed by atoms with Crippen molar-refractivity contribution in [2.24, 2.45) is 0 Å². The standard InChI is InChI=1S/C27H32N4O2/c1-2-28-26(32)24-18-31(16-13-29-24)21-11-14-30(15-12-21)27(33)25-22-9-5-3-7-19(22)17-20-8-4-6-10-23(20)25/h3-10,17,21,24,29H,2,11-16,18H2,1H3,(H,28,32). The zero-order chi connectivity index (χ0) is 22.8. The summed E-state index contributed by atoms with van der Waals surface area (Å²) in [5.74, 6) is 0.208. The van der Waals surface area contributed by atoms with E-state index in [-0.39, 0.29) is 17.9 Å². The Labute approximate surface area is 194 Å². The number of benzene rings is 3. The zero-order valence-electron chi connectivity index (χ0n) is 19.2. The number of nitrogens with one attached hydrogen (secondary N) is 2. The molecule has 3 aromatic rings. The van der Waals surface area contributed by atoms with Crippen molar-refractivity contribution in [3.8, 4) is 0 Å². The van der Waals surface area contributed by atoms with Crippen molar-refractivity contribution < 1.29 is 9.59 Å². The highest BCUT2D eigenvalue weighted by atomic mass is 16.2. The van der Waals surface area contributed by atoms with Crippen LogP contribution in [0.25, 0.3) is 21.5 Å². The number of nitrogens with zero attached hydrogens (tertiary/aromatic N) is 2. The number of fused-ring (bicyclic) bond motifs is 2. The van der Waals surface area contributed by atoms with E-state index in [1.54, 1.807) is 0 Å². The van der Waals surface area contributed by atoms with E-state index in [9.17, 15) is 9.59 Å². The van der Waals surface area contributed by atoms with Crippen LogP contribution in [0.15, 0.2) is 54.6 Å². The molecule has 5 rings (SSSR count). The fourth-order valence-corrected chi connectivity index (χ4v) is 5.41. The number of carbonyl (C=O) groups is 2. The smallest absolute Gasteiger partial charge is 0.255 e. The minimum absolute atomic E-state index is 0.0812. The van der Waals surface area contributed by atoms with E-state index in [1.807, 2.05) is 36.1 Å². The molecule has 2 N–H and O–H groups in total. The van der Waals surface area contributed by atoms with Crippen molar-refractivity contribution in [3.05, 3.63) is 60.2 Å². The second-order valence-corrected chi connectivity index (χ2v) is 9.11. The van der Waals surface area contributed by atoms with Gasteiger partial charge in [0.15, 0.2) is 0 Å². The molecule has 172 valence electrons. The minimum Gasteiger partial charge on any atom is -0.355 e. The lowest BCUT2D eigenvalue weighted by molar-refractivity contribution is -0.124. The van der Waals surface area contributed by atoms with Crippen molar-refractivity contribution in [3.63, 3.8) is 0 Å². The quantitative estimate of drug-likeness (QED) is 0.608. The highest BCUT2D eigenvalue weighted by Crippen LogP contribution is 2.30. The number of hydrogen-bond acceptors (Lipinski definition) is 4.